The Hall–Kier alpha value is -0.935. The monoisotopic (exact) mass is 194 g/mol. The van der Waals surface area contributed by atoms with Gasteiger partial charge < -0.3 is 12.9 Å². The number of aromatic nitrogens is 2. The molecule has 6 heteroatoms. The Bertz CT molecular complexity index is 238. The summed E-state index contributed by atoms with van der Waals surface area (Å²) in [5.74, 6) is 0. The second-order valence-electron chi connectivity index (χ2n) is 2.81. The Morgan fingerprint density at radius 2 is 1.85 bits per heavy atom. The maximum Gasteiger partial charge on any atom is 0.475 e. The minimum Gasteiger partial charge on any atom is -0.449 e. The summed E-state index contributed by atoms with van der Waals surface area (Å²) in [6.07, 6.45) is 6.14. The van der Waals surface area contributed by atoms with Gasteiger partial charge in [0.2, 0.25) is 6.33 Å². The number of halogens is 3. The first-order chi connectivity index (χ1) is 5.83. The van der Waals surface area contributed by atoms with E-state index in [1.54, 1.807) is 0 Å². The van der Waals surface area contributed by atoms with Crippen molar-refractivity contribution in [2.45, 2.75) is 20.3 Å². The van der Waals surface area contributed by atoms with Gasteiger partial charge in [-0.15, -0.1) is 0 Å². The number of nitrogens with zero attached hydrogens (tertiary/aromatic N) is 2. The Morgan fingerprint density at radius 1 is 1.38 bits per heavy atom. The fraction of sp³-hybridized carbons (Fsp3) is 0.571. The fourth-order valence-electron chi connectivity index (χ4n) is 0.689. The zero-order valence-electron chi connectivity index (χ0n) is 8.04. The van der Waals surface area contributed by atoms with Gasteiger partial charge in [-0.25, -0.2) is 9.13 Å². The molecule has 0 N–H and O–H groups in total. The topological polar surface area (TPSA) is 8.81 Å². The third-order valence-electron chi connectivity index (χ3n) is 1.19. The van der Waals surface area contributed by atoms with Crippen LogP contribution in [0.3, 0.4) is 0 Å². The minimum atomic E-state index is -4.50. The van der Waals surface area contributed by atoms with Crippen molar-refractivity contribution < 1.29 is 17.5 Å². The molecule has 0 atom stereocenters. The van der Waals surface area contributed by atoms with Gasteiger partial charge in [0.15, 0.2) is 0 Å². The molecule has 0 aliphatic heterocycles. The summed E-state index contributed by atoms with van der Waals surface area (Å²) in [6, 6.07) is 0. The zero-order chi connectivity index (χ0) is 10.5. The molecule has 13 heavy (non-hydrogen) atoms. The first-order valence-corrected chi connectivity index (χ1v) is 4.07. The van der Waals surface area contributed by atoms with Crippen LogP contribution in [0.15, 0.2) is 18.7 Å². The molecule has 0 saturated heterocycles. The van der Waals surface area contributed by atoms with Crippen LogP contribution in [0, 0.1) is 0 Å². The number of aryl methyl sites for hydroxylation is 2. The van der Waals surface area contributed by atoms with Crippen LogP contribution in [-0.4, -0.2) is 11.5 Å². The van der Waals surface area contributed by atoms with E-state index in [1.807, 2.05) is 17.8 Å². The highest BCUT2D eigenvalue weighted by Crippen LogP contribution is 2.03. The smallest absolute Gasteiger partial charge is 0.449 e. The van der Waals surface area contributed by atoms with Gasteiger partial charge in [-0.1, -0.05) is 6.82 Å². The average Bonchev–Trinajstić information content (AvgIpc) is 2.31. The molecule has 0 aliphatic rings. The van der Waals surface area contributed by atoms with Crippen molar-refractivity contribution in [2.24, 2.45) is 7.05 Å². The van der Waals surface area contributed by atoms with Crippen molar-refractivity contribution in [2.75, 3.05) is 0 Å². The Balaban J connectivity index is 0.000000252. The molecule has 0 spiro atoms. The van der Waals surface area contributed by atoms with Gasteiger partial charge >= 0.3 is 6.98 Å². The maximum atomic E-state index is 10.4. The van der Waals surface area contributed by atoms with Gasteiger partial charge in [0.25, 0.3) is 0 Å². The van der Waals surface area contributed by atoms with Crippen molar-refractivity contribution >= 4 is 6.98 Å². The summed E-state index contributed by atoms with van der Waals surface area (Å²) in [4.78, 5) is 0. The third-order valence-corrected chi connectivity index (χ3v) is 1.19. The largest absolute Gasteiger partial charge is 0.475 e. The zero-order valence-corrected chi connectivity index (χ0v) is 8.04. The highest BCUT2D eigenvalue weighted by atomic mass is 19.4. The summed E-state index contributed by atoms with van der Waals surface area (Å²) >= 11 is 0. The van der Waals surface area contributed by atoms with Crippen LogP contribution in [0.4, 0.5) is 12.9 Å². The van der Waals surface area contributed by atoms with Crippen molar-refractivity contribution in [3.8, 4) is 0 Å². The van der Waals surface area contributed by atoms with Gasteiger partial charge in [-0.05, 0) is 6.92 Å². The van der Waals surface area contributed by atoms with E-state index in [4.69, 9.17) is 0 Å². The molecule has 0 amide bonds. The van der Waals surface area contributed by atoms with E-state index in [2.05, 4.69) is 24.0 Å². The molecule has 1 rings (SSSR count). The van der Waals surface area contributed by atoms with Crippen molar-refractivity contribution in [1.29, 1.82) is 0 Å². The molecule has 0 saturated carbocycles. The predicted octanol–water partition coefficient (Wildman–Crippen LogP) is 1.80. The second-order valence-corrected chi connectivity index (χ2v) is 2.81. The summed E-state index contributed by atoms with van der Waals surface area (Å²) in [6.45, 7) is -1.07. The summed E-state index contributed by atoms with van der Waals surface area (Å²) < 4.78 is 35.4. The number of hydrogen-bond donors (Lipinski definition) is 0. The van der Waals surface area contributed by atoms with Crippen LogP contribution in [0.5, 0.6) is 0 Å². The molecule has 2 nitrogen and oxygen atoms in total. The minimum absolute atomic E-state index is 0.250. The summed E-state index contributed by atoms with van der Waals surface area (Å²) in [5.41, 5.74) is 0. The van der Waals surface area contributed by atoms with Gasteiger partial charge in [0.1, 0.15) is 12.4 Å². The van der Waals surface area contributed by atoms with E-state index in [9.17, 15) is 12.9 Å². The molecule has 0 aromatic carbocycles. The Morgan fingerprint density at radius 3 is 2.00 bits per heavy atom. The molecule has 0 radical (unpaired) electrons. The van der Waals surface area contributed by atoms with Crippen LogP contribution in [-0.2, 0) is 13.6 Å². The molecule has 0 fully saturated rings. The van der Waals surface area contributed by atoms with Crippen LogP contribution in [0.25, 0.3) is 0 Å². The lowest BCUT2D eigenvalue weighted by atomic mass is 9.99. The molecule has 1 heterocycles. The predicted molar refractivity (Wildman–Crippen MR) is 46.2 cm³/mol. The van der Waals surface area contributed by atoms with E-state index in [-0.39, 0.29) is 6.82 Å². The van der Waals surface area contributed by atoms with Crippen molar-refractivity contribution in [3.05, 3.63) is 18.7 Å². The van der Waals surface area contributed by atoms with Gasteiger partial charge in [-0.3, -0.25) is 0 Å². The number of hydrogen-bond acceptors (Lipinski definition) is 0. The quantitative estimate of drug-likeness (QED) is 0.476. The molecule has 0 unspecified atom stereocenters. The third kappa shape index (κ3) is 8.98. The number of imidazole rings is 1. The number of rotatable bonds is 1. The van der Waals surface area contributed by atoms with E-state index >= 15 is 0 Å². The van der Waals surface area contributed by atoms with E-state index < -0.39 is 6.98 Å². The van der Waals surface area contributed by atoms with Crippen LogP contribution >= 0.6 is 0 Å². The van der Waals surface area contributed by atoms with E-state index in [1.165, 1.54) is 0 Å². The summed E-state index contributed by atoms with van der Waals surface area (Å²) in [7, 11) is 2.02. The first-order valence-electron chi connectivity index (χ1n) is 4.07. The fourth-order valence-corrected chi connectivity index (χ4v) is 0.689. The standard InChI is InChI=1S/C6H11N2.CH3BF3/c1-3-8-5-4-7(2)6-8;1-2(3,4)5/h4-6H,3H2,1-2H3;1H3/q+1;-1. The van der Waals surface area contributed by atoms with Gasteiger partial charge in [0.05, 0.1) is 13.6 Å². The molecular weight excluding hydrogens is 180 g/mol. The molecule has 1 aromatic heterocycles. The Labute approximate surface area is 76.0 Å². The Kier molecular flexibility index (Phi) is 4.58. The maximum absolute atomic E-state index is 10.4. The van der Waals surface area contributed by atoms with E-state index in [0.717, 1.165) is 6.54 Å². The van der Waals surface area contributed by atoms with Gasteiger partial charge in [-0.2, -0.15) is 0 Å². The molecular formula is C7H14BF3N2. The lowest BCUT2D eigenvalue weighted by molar-refractivity contribution is -0.693. The molecule has 0 aliphatic carbocycles. The highest BCUT2D eigenvalue weighted by molar-refractivity contribution is 6.56. The molecule has 0 bridgehead atoms. The van der Waals surface area contributed by atoms with Crippen molar-refractivity contribution in [1.82, 2.24) is 4.57 Å². The highest BCUT2D eigenvalue weighted by Gasteiger charge is 2.11. The lowest BCUT2D eigenvalue weighted by Crippen LogP contribution is -2.28. The van der Waals surface area contributed by atoms with Crippen molar-refractivity contribution in [3.63, 3.8) is 0 Å². The molecule has 1 aromatic rings. The average molecular weight is 194 g/mol. The second kappa shape index (κ2) is 4.94. The van der Waals surface area contributed by atoms with Crippen LogP contribution in [0.2, 0.25) is 6.82 Å². The molecule has 76 valence electrons. The van der Waals surface area contributed by atoms with Crippen LogP contribution in [0.1, 0.15) is 6.92 Å². The normalized spacial score (nSPS) is 10.6. The SMILES string of the molecule is CC[n+]1ccn(C)c1.C[B-](F)(F)F. The van der Waals surface area contributed by atoms with Crippen LogP contribution < -0.4 is 4.57 Å². The summed E-state index contributed by atoms with van der Waals surface area (Å²) in [5, 5.41) is 0. The van der Waals surface area contributed by atoms with E-state index in [0.29, 0.717) is 0 Å². The van der Waals surface area contributed by atoms with Gasteiger partial charge in [0, 0.05) is 0 Å². The first kappa shape index (κ1) is 12.1. The lowest BCUT2D eigenvalue weighted by Gasteiger charge is -1.99.